The smallest absolute Gasteiger partial charge is 0.487 e. The summed E-state index contributed by atoms with van der Waals surface area (Å²) in [5.74, 6) is -6.97. The first-order chi connectivity index (χ1) is 69.1. The second-order valence-electron chi connectivity index (χ2n) is 37.8. The Labute approximate surface area is 839 Å². The minimum atomic E-state index is -1.08. The topological polar surface area (TPSA) is 530 Å². The quantitative estimate of drug-likeness (QED) is 0.00679. The molecule has 145 heavy (non-hydrogen) atoms. The molecule has 11 rings (SSSR count). The molecule has 2 aliphatic carbocycles. The van der Waals surface area contributed by atoms with Crippen molar-refractivity contribution in [3.8, 4) is 17.2 Å². The van der Waals surface area contributed by atoms with E-state index in [4.69, 9.17) is 33.2 Å². The monoisotopic (exact) mass is 2010 g/mol. The minimum absolute atomic E-state index is 0.00568. The number of non-ortho nitro benzene ring substituents is 3. The zero-order valence-electron chi connectivity index (χ0n) is 83.4. The SMILES string of the molecule is CC[C@H](C)[C@@H]([C@@H](CC(=O)N1CCC[C@H]1[C@H](OC)[C@@H](C)C(=O)N[C@H](C)[C@@H](O)c1ccccc1)OC)N(C)C(=O)[C@@H](CC(=O)[C@H](C(C)C)N(C)C(=O)OCc1ccc(OCc2ccc([N+](=O)[O-])cc2)c(NC(=O)CNC(=O)C2CCC(CN3C(=O)C=CC3=O)CC2)c1)C(C)C.O=C(CNC(=O)C1CCC(CN2C(=O)C=CC2=O)CC1)Nc1cc(COC(=O)Oc2ccc([N+](=O)[O-])cc2)ccc1OCc1ccc([N+](=O)[O-])cc1. The highest BCUT2D eigenvalue weighted by Gasteiger charge is 2.45. The molecule has 12 amide bonds. The summed E-state index contributed by atoms with van der Waals surface area (Å²) in [6.07, 6.45) is 6.92. The van der Waals surface area contributed by atoms with E-state index in [9.17, 15) is 103 Å². The van der Waals surface area contributed by atoms with Crippen molar-refractivity contribution < 1.29 is 120 Å². The number of ether oxygens (including phenoxy) is 7. The summed E-state index contributed by atoms with van der Waals surface area (Å²) in [6, 6.07) is 32.0. The summed E-state index contributed by atoms with van der Waals surface area (Å²) in [5.41, 5.74) is 2.69. The van der Waals surface area contributed by atoms with Gasteiger partial charge in [-0.05, 0) is 189 Å². The fraction of sp³-hybridized carbons (Fsp3) is 0.481. The van der Waals surface area contributed by atoms with E-state index < -0.39 is 106 Å². The molecule has 3 heterocycles. The van der Waals surface area contributed by atoms with Gasteiger partial charge in [-0.1, -0.05) is 97.4 Å². The number of methoxy groups -OCH3 is 2. The van der Waals surface area contributed by atoms with Gasteiger partial charge >= 0.3 is 12.2 Å². The lowest BCUT2D eigenvalue weighted by Gasteiger charge is -2.41. The normalized spacial score (nSPS) is 18.4. The first kappa shape index (κ1) is 112. The lowest BCUT2D eigenvalue weighted by Crippen LogP contribution is -2.55. The van der Waals surface area contributed by atoms with E-state index in [0.29, 0.717) is 112 Å². The number of likely N-dealkylation sites (N-methyl/N-ethyl adjacent to an activating group) is 2. The number of hydrogen-bond acceptors (Lipinski definition) is 28. The number of carbonyl (C=O) groups is 14. The summed E-state index contributed by atoms with van der Waals surface area (Å²) in [7, 11) is 6.15. The predicted octanol–water partition coefficient (Wildman–Crippen LogP) is 12.5. The summed E-state index contributed by atoms with van der Waals surface area (Å²) >= 11 is 0. The Morgan fingerprint density at radius 1 is 0.524 bits per heavy atom. The van der Waals surface area contributed by atoms with Crippen molar-refractivity contribution in [3.63, 3.8) is 0 Å². The molecule has 6 aromatic carbocycles. The number of Topliss-reactive ketones (excluding diaryl/α,β-unsaturated/α-hetero) is 1. The third kappa shape index (κ3) is 31.6. The number of nitro groups is 3. The first-order valence-corrected chi connectivity index (χ1v) is 48.5. The number of carbonyl (C=O) groups excluding carboxylic acids is 14. The number of likely N-dealkylation sites (tertiary alicyclic amines) is 1. The van der Waals surface area contributed by atoms with Crippen LogP contribution in [0, 0.1) is 83.6 Å². The van der Waals surface area contributed by atoms with Crippen molar-refractivity contribution in [1.29, 1.82) is 0 Å². The van der Waals surface area contributed by atoms with Gasteiger partial charge in [0.1, 0.15) is 43.7 Å². The Morgan fingerprint density at radius 3 is 1.40 bits per heavy atom. The molecule has 6 aromatic rings. The van der Waals surface area contributed by atoms with Crippen LogP contribution in [-0.4, -0.2) is 225 Å². The number of benzene rings is 6. The number of amides is 12. The number of imide groups is 2. The van der Waals surface area contributed by atoms with Crippen LogP contribution in [0.1, 0.15) is 173 Å². The van der Waals surface area contributed by atoms with E-state index in [1.54, 1.807) is 74.9 Å². The van der Waals surface area contributed by atoms with Gasteiger partial charge in [0, 0.05) is 133 Å². The highest BCUT2D eigenvalue weighted by molar-refractivity contribution is 6.13. The Kier molecular flexibility index (Phi) is 41.5. The van der Waals surface area contributed by atoms with Crippen LogP contribution < -0.4 is 40.8 Å². The molecule has 0 unspecified atom stereocenters. The number of hydrogen-bond donors (Lipinski definition) is 6. The first-order valence-electron chi connectivity index (χ1n) is 48.5. The summed E-state index contributed by atoms with van der Waals surface area (Å²) < 4.78 is 40.1. The van der Waals surface area contributed by atoms with Crippen LogP contribution >= 0.6 is 0 Å². The number of nitro benzene ring substituents is 3. The number of ketones is 1. The van der Waals surface area contributed by atoms with Gasteiger partial charge in [0.15, 0.2) is 5.78 Å². The third-order valence-corrected chi connectivity index (χ3v) is 27.1. The van der Waals surface area contributed by atoms with Crippen LogP contribution in [0.4, 0.5) is 38.0 Å². The van der Waals surface area contributed by atoms with Gasteiger partial charge in [0.25, 0.3) is 40.7 Å². The van der Waals surface area contributed by atoms with Crippen molar-refractivity contribution in [3.05, 3.63) is 222 Å². The molecule has 10 atom stereocenters. The number of nitrogens with zero attached hydrogens (tertiary/aromatic N) is 8. The molecule has 0 aromatic heterocycles. The van der Waals surface area contributed by atoms with Crippen LogP contribution in [0.5, 0.6) is 17.2 Å². The van der Waals surface area contributed by atoms with Gasteiger partial charge in [-0.3, -0.25) is 97.7 Å². The van der Waals surface area contributed by atoms with Crippen molar-refractivity contribution >= 4 is 111 Å². The second kappa shape index (κ2) is 53.6. The third-order valence-electron chi connectivity index (χ3n) is 27.1. The average Bonchev–Trinajstić information content (AvgIpc) is 1.19. The Hall–Kier alpha value is -14.7. The van der Waals surface area contributed by atoms with E-state index in [1.165, 1.54) is 151 Å². The van der Waals surface area contributed by atoms with E-state index in [0.717, 1.165) is 0 Å². The zero-order chi connectivity index (χ0) is 106. The van der Waals surface area contributed by atoms with Gasteiger partial charge in [0.2, 0.25) is 41.4 Å². The highest BCUT2D eigenvalue weighted by Crippen LogP contribution is 2.38. The standard InChI is InChI=1S/C69H96N8O16.C35H33N5O12/c1-13-43(6)63(57(90-11)36-61(82)75-33-17-20-54(75)65(91-12)44(7)66(84)71-45(8)64(83)49-18-15-14-16-19-49)73(9)68(86)52(41(2)3)35-55(78)62(42(4)5)74(10)69(87)93-40-48-25-30-56(92-39-47-23-28-51(29-24-47)77(88)89)53(34-48)72-58(79)37-70-67(85)50-26-21-46(22-27-50)38-76-59(80)31-32-60(76)81;41-31(18-36-34(44)25-6-1-22(2-7-25)19-38-32(42)15-16-33(38)43)37-29-17-24(21-51-35(45)52-28-12-10-27(11-13-28)40(48)49)5-14-30(29)50-20-23-3-8-26(9-4-23)39(46)47/h14-16,18-19,23-25,28-32,34,41-46,50,52,54,57,62-65,83H,13,17,20-22,26-27,33,35-40H2,1-12H3,(H,70,85)(H,71,84)(H,72,79);3-5,8-17,22,25H,1-2,6-7,18-21H2,(H,36,44)(H,37,41)/t43-,44+,45+,46?,50?,52-,54-,57+,62-,63-,64+,65+;/m0./s1. The lowest BCUT2D eigenvalue weighted by molar-refractivity contribution is -0.385. The summed E-state index contributed by atoms with van der Waals surface area (Å²) in [4.78, 5) is 223. The Balaban J connectivity index is 0.000000348. The Bertz CT molecular complexity index is 5630. The molecule has 0 bridgehead atoms. The number of aliphatic hydroxyl groups excluding tert-OH is 1. The summed E-state index contributed by atoms with van der Waals surface area (Å²) in [5, 5.41) is 57.9. The van der Waals surface area contributed by atoms with Crippen LogP contribution in [0.2, 0.25) is 0 Å². The van der Waals surface area contributed by atoms with E-state index in [-0.39, 0.29) is 192 Å². The highest BCUT2D eigenvalue weighted by atomic mass is 16.7. The van der Waals surface area contributed by atoms with E-state index >= 15 is 0 Å². The van der Waals surface area contributed by atoms with Crippen LogP contribution in [0.3, 0.4) is 0 Å². The number of nitrogens with one attached hydrogen (secondary N) is 5. The molecule has 0 radical (unpaired) electrons. The molecular formula is C104H129N13O28. The molecule has 5 aliphatic rings. The maximum Gasteiger partial charge on any atom is 0.514 e. The Morgan fingerprint density at radius 2 is 0.972 bits per heavy atom. The fourth-order valence-corrected chi connectivity index (χ4v) is 18.7. The molecule has 2 saturated carbocycles. The maximum atomic E-state index is 14.9. The van der Waals surface area contributed by atoms with Crippen LogP contribution in [-0.2, 0) is 103 Å². The molecular weight excluding hydrogens is 1880 g/mol. The van der Waals surface area contributed by atoms with Crippen molar-refractivity contribution in [2.24, 2.45) is 53.3 Å². The molecule has 1 saturated heterocycles. The van der Waals surface area contributed by atoms with Crippen LogP contribution in [0.25, 0.3) is 0 Å². The molecule has 41 nitrogen and oxygen atoms in total. The van der Waals surface area contributed by atoms with Gasteiger partial charge < -0.3 is 79.5 Å². The molecule has 3 aliphatic heterocycles. The molecule has 0 spiro atoms. The predicted molar refractivity (Wildman–Crippen MR) is 527 cm³/mol. The van der Waals surface area contributed by atoms with Crippen LogP contribution in [0.15, 0.2) is 164 Å². The van der Waals surface area contributed by atoms with E-state index in [2.05, 4.69) is 26.6 Å². The molecule has 41 heteroatoms. The van der Waals surface area contributed by atoms with E-state index in [1.807, 2.05) is 45.9 Å². The molecule has 3 fully saturated rings. The molecule has 778 valence electrons. The molecule has 6 N–H and O–H groups in total. The second-order valence-corrected chi connectivity index (χ2v) is 37.8. The van der Waals surface area contributed by atoms with Gasteiger partial charge in [-0.2, -0.15) is 0 Å². The zero-order valence-corrected chi connectivity index (χ0v) is 83.4. The number of aliphatic hydroxyl groups is 1. The summed E-state index contributed by atoms with van der Waals surface area (Å²) in [6.45, 7) is 14.4. The van der Waals surface area contributed by atoms with Gasteiger partial charge in [0.05, 0.1) is 94.1 Å². The maximum absolute atomic E-state index is 14.9. The fourth-order valence-electron chi connectivity index (χ4n) is 18.7. The van der Waals surface area contributed by atoms with Crippen molar-refractivity contribution in [2.75, 3.05) is 71.7 Å². The average molecular weight is 2010 g/mol. The van der Waals surface area contributed by atoms with Gasteiger partial charge in [-0.25, -0.2) is 9.59 Å². The van der Waals surface area contributed by atoms with Crippen molar-refractivity contribution in [1.82, 2.24) is 40.4 Å². The van der Waals surface area contributed by atoms with Crippen molar-refractivity contribution in [2.45, 2.75) is 208 Å². The van der Waals surface area contributed by atoms with Gasteiger partial charge in [-0.15, -0.1) is 0 Å². The largest absolute Gasteiger partial charge is 0.514 e. The number of anilines is 2. The minimum Gasteiger partial charge on any atom is -0.487 e. The number of rotatable bonds is 47. The lowest BCUT2D eigenvalue weighted by atomic mass is 9.81.